The molecule has 1 atom stereocenters. The Labute approximate surface area is 365 Å². The number of halogens is 4. The van der Waals surface area contributed by atoms with Crippen molar-refractivity contribution in [2.24, 2.45) is 0 Å². The molecule has 3 saturated heterocycles. The molecule has 4 heterocycles. The van der Waals surface area contributed by atoms with Gasteiger partial charge in [0.2, 0.25) is 5.91 Å². The van der Waals surface area contributed by atoms with Crippen LogP contribution in [-0.2, 0) is 42.9 Å². The molecule has 19 heteroatoms. The van der Waals surface area contributed by atoms with E-state index >= 15 is 0 Å². The molecule has 3 fully saturated rings. The lowest BCUT2D eigenvalue weighted by Crippen LogP contribution is -2.57. The number of hydrogen-bond acceptors (Lipinski definition) is 10. The number of anilines is 2. The molecule has 0 saturated carbocycles. The molecule has 15 nitrogen and oxygen atoms in total. The van der Waals surface area contributed by atoms with Crippen LogP contribution in [0, 0.1) is 0 Å². The number of amides is 5. The number of ether oxygens (including phenoxy) is 2. The first-order valence-electron chi connectivity index (χ1n) is 21.4. The van der Waals surface area contributed by atoms with Gasteiger partial charge in [-0.2, -0.15) is 13.2 Å². The molecule has 340 valence electrons. The summed E-state index contributed by atoms with van der Waals surface area (Å²) in [4.78, 5) is 76.9. The van der Waals surface area contributed by atoms with Gasteiger partial charge in [0.15, 0.2) is 6.10 Å². The summed E-state index contributed by atoms with van der Waals surface area (Å²) in [7, 11) is 3.89. The van der Waals surface area contributed by atoms with Gasteiger partial charge in [0.05, 0.1) is 29.3 Å². The molecule has 2 aromatic carbocycles. The van der Waals surface area contributed by atoms with E-state index in [2.05, 4.69) is 10.2 Å². The number of piperazine rings is 1. The van der Waals surface area contributed by atoms with Gasteiger partial charge in [-0.3, -0.25) is 19.3 Å². The van der Waals surface area contributed by atoms with Crippen LogP contribution in [0.2, 0.25) is 5.02 Å². The van der Waals surface area contributed by atoms with Crippen molar-refractivity contribution in [3.8, 4) is 0 Å². The number of fused-ring (bicyclic) bond motifs is 1. The molecule has 4 aliphatic rings. The first-order valence-corrected chi connectivity index (χ1v) is 21.8. The average molecular weight is 891 g/mol. The molecule has 0 unspecified atom stereocenters. The van der Waals surface area contributed by atoms with E-state index in [1.54, 1.807) is 14.7 Å². The number of carbonyl (C=O) groups excluding carboxylic acids is 5. The van der Waals surface area contributed by atoms with Gasteiger partial charge in [0.25, 0.3) is 5.91 Å². The third-order valence-corrected chi connectivity index (χ3v) is 12.6. The maximum absolute atomic E-state index is 14.2. The first-order chi connectivity index (χ1) is 29.6. The summed E-state index contributed by atoms with van der Waals surface area (Å²) in [6, 6.07) is 9.55. The minimum atomic E-state index is -4.81. The van der Waals surface area contributed by atoms with Gasteiger partial charge in [-0.05, 0) is 81.9 Å². The van der Waals surface area contributed by atoms with E-state index in [4.69, 9.17) is 26.8 Å². The molecular weight excluding hydrogens is 833 g/mol. The fourth-order valence-electron chi connectivity index (χ4n) is 8.71. The van der Waals surface area contributed by atoms with E-state index in [0.29, 0.717) is 71.7 Å². The number of likely N-dealkylation sites (tertiary alicyclic amines) is 2. The maximum Gasteiger partial charge on any atom is 0.418 e. The highest BCUT2D eigenvalue weighted by Gasteiger charge is 2.39. The highest BCUT2D eigenvalue weighted by Crippen LogP contribution is 2.38. The number of piperidine rings is 2. The van der Waals surface area contributed by atoms with E-state index in [1.807, 2.05) is 43.3 Å². The number of rotatable bonds is 13. The zero-order valence-electron chi connectivity index (χ0n) is 35.5. The molecule has 62 heavy (non-hydrogen) atoms. The van der Waals surface area contributed by atoms with E-state index in [-0.39, 0.29) is 72.9 Å². The van der Waals surface area contributed by atoms with Crippen LogP contribution < -0.4 is 11.1 Å². The molecule has 6 rings (SSSR count). The fourth-order valence-corrected chi connectivity index (χ4v) is 8.95. The Morgan fingerprint density at radius 2 is 1.55 bits per heavy atom. The minimum absolute atomic E-state index is 0.0337. The number of carbonyl (C=O) groups is 5. The predicted octanol–water partition coefficient (Wildman–Crippen LogP) is 4.95. The lowest BCUT2D eigenvalue weighted by molar-refractivity contribution is -0.146. The summed E-state index contributed by atoms with van der Waals surface area (Å²) < 4.78 is 52.9. The highest BCUT2D eigenvalue weighted by atomic mass is 35.5. The smallest absolute Gasteiger partial charge is 0.418 e. The second-order valence-electron chi connectivity index (χ2n) is 16.7. The van der Waals surface area contributed by atoms with E-state index in [1.165, 1.54) is 11.0 Å². The zero-order chi connectivity index (χ0) is 44.6. The number of benzene rings is 2. The minimum Gasteiger partial charge on any atom is -0.466 e. The van der Waals surface area contributed by atoms with Crippen LogP contribution in [0.25, 0.3) is 0 Å². The van der Waals surface area contributed by atoms with Crippen LogP contribution in [0.4, 0.5) is 34.1 Å². The lowest BCUT2D eigenvalue weighted by atomic mass is 10.0. The third-order valence-electron chi connectivity index (χ3n) is 12.3. The number of nitrogen functional groups attached to an aromatic ring is 1. The van der Waals surface area contributed by atoms with E-state index in [0.717, 1.165) is 43.1 Å². The Morgan fingerprint density at radius 1 is 0.887 bits per heavy atom. The average Bonchev–Trinajstić information content (AvgIpc) is 3.42. The number of nitrogens with one attached hydrogen (secondary N) is 1. The number of hydrogen-bond donors (Lipinski definition) is 2. The summed E-state index contributed by atoms with van der Waals surface area (Å²) in [6.07, 6.45) is -3.47. The molecule has 4 aliphatic heterocycles. The number of alkyl halides is 3. The second kappa shape index (κ2) is 21.0. The molecule has 3 N–H and O–H groups in total. The van der Waals surface area contributed by atoms with Gasteiger partial charge in [0.1, 0.15) is 0 Å². The van der Waals surface area contributed by atoms with Crippen molar-refractivity contribution in [1.82, 2.24) is 29.4 Å². The Balaban J connectivity index is 1.03. The van der Waals surface area contributed by atoms with Crippen molar-refractivity contribution in [3.63, 3.8) is 0 Å². The number of esters is 1. The predicted molar refractivity (Wildman–Crippen MR) is 226 cm³/mol. The van der Waals surface area contributed by atoms with Crippen molar-refractivity contribution in [3.05, 3.63) is 58.1 Å². The van der Waals surface area contributed by atoms with Crippen molar-refractivity contribution in [2.75, 3.05) is 97.2 Å². The standard InChI is InChI=1S/C43H58ClF3N8O7/c1-50(2)15-5-25-61-38(57)9-8-37(56)52-16-11-31(12-17-52)51-21-23-53(24-22-51)40(58)36(28-29-26-33(43(45,46)47)39(48)34(44)27-29)62-42(60)54-18-13-32(14-19-54)55-20-10-30-6-3-4-7-35(30)49-41(55)59/h3-4,6-7,26-27,31-32,36H,5,8-25,28,48H2,1-2H3,(H,49,59)/t36-/m1/s1. The second-order valence-corrected chi connectivity index (χ2v) is 17.1. The van der Waals surface area contributed by atoms with Gasteiger partial charge in [-0.1, -0.05) is 29.8 Å². The first kappa shape index (κ1) is 46.7. The zero-order valence-corrected chi connectivity index (χ0v) is 36.2. The number of para-hydroxylation sites is 1. The largest absolute Gasteiger partial charge is 0.466 e. The van der Waals surface area contributed by atoms with Crippen molar-refractivity contribution < 1.29 is 46.6 Å². The monoisotopic (exact) mass is 890 g/mol. The molecule has 2 aromatic rings. The molecule has 0 spiro atoms. The Kier molecular flexibility index (Phi) is 15.8. The number of nitrogens with zero attached hydrogens (tertiary/aromatic N) is 6. The maximum atomic E-state index is 14.2. The van der Waals surface area contributed by atoms with Crippen molar-refractivity contribution in [2.45, 2.75) is 82.2 Å². The van der Waals surface area contributed by atoms with Gasteiger partial charge in [-0.25, -0.2) is 9.59 Å². The summed E-state index contributed by atoms with van der Waals surface area (Å²) in [6.45, 7) is 4.84. The summed E-state index contributed by atoms with van der Waals surface area (Å²) in [5.74, 6) is -1.01. The lowest BCUT2D eigenvalue weighted by Gasteiger charge is -2.43. The molecule has 0 aromatic heterocycles. The topological polar surface area (TPSA) is 161 Å². The molecule has 0 radical (unpaired) electrons. The molecule has 5 amide bonds. The Bertz CT molecular complexity index is 1920. The van der Waals surface area contributed by atoms with Gasteiger partial charge in [0, 0.05) is 96.1 Å². The van der Waals surface area contributed by atoms with Gasteiger partial charge >= 0.3 is 24.3 Å². The van der Waals surface area contributed by atoms with Crippen LogP contribution in [0.15, 0.2) is 36.4 Å². The number of urea groups is 1. The Hall–Kier alpha value is -4.81. The van der Waals surface area contributed by atoms with Crippen LogP contribution in [-0.4, -0.2) is 164 Å². The molecule has 0 aliphatic carbocycles. The SMILES string of the molecule is CN(C)CCCOC(=O)CCC(=O)N1CCC(N2CCN(C(=O)[C@@H](Cc3cc(Cl)c(N)c(C(F)(F)F)c3)OC(=O)N3CCC(N4CCc5ccccc5NC4=O)CC3)CC2)CC1. The van der Waals surface area contributed by atoms with Crippen LogP contribution in [0.3, 0.4) is 0 Å². The van der Waals surface area contributed by atoms with Crippen molar-refractivity contribution >= 4 is 52.9 Å². The van der Waals surface area contributed by atoms with Gasteiger partial charge in [-0.15, -0.1) is 0 Å². The van der Waals surface area contributed by atoms with E-state index < -0.39 is 35.5 Å². The molecular formula is C43H58ClF3N8O7. The molecule has 0 bridgehead atoms. The van der Waals surface area contributed by atoms with Crippen LogP contribution >= 0.6 is 11.6 Å². The normalized spacial score (nSPS) is 18.9. The summed E-state index contributed by atoms with van der Waals surface area (Å²) in [5, 5.41) is 2.65. The van der Waals surface area contributed by atoms with Crippen LogP contribution in [0.5, 0.6) is 0 Å². The van der Waals surface area contributed by atoms with E-state index in [9.17, 15) is 37.1 Å². The van der Waals surface area contributed by atoms with Gasteiger partial charge < -0.3 is 45.0 Å². The highest BCUT2D eigenvalue weighted by molar-refractivity contribution is 6.33. The fraction of sp³-hybridized carbons (Fsp3) is 0.605. The summed E-state index contributed by atoms with van der Waals surface area (Å²) >= 11 is 6.15. The quantitative estimate of drug-likeness (QED) is 0.160. The third kappa shape index (κ3) is 12.2. The Morgan fingerprint density at radius 3 is 2.23 bits per heavy atom. The van der Waals surface area contributed by atoms with Crippen molar-refractivity contribution in [1.29, 1.82) is 0 Å². The van der Waals surface area contributed by atoms with Crippen LogP contribution in [0.1, 0.15) is 61.6 Å². The summed E-state index contributed by atoms with van der Waals surface area (Å²) in [5.41, 5.74) is 5.76. The number of nitrogens with two attached hydrogens (primary N) is 1.